The third kappa shape index (κ3) is 6.92. The van der Waals surface area contributed by atoms with E-state index in [2.05, 4.69) is 24.5 Å². The van der Waals surface area contributed by atoms with Crippen LogP contribution in [0.3, 0.4) is 0 Å². The first-order valence-corrected chi connectivity index (χ1v) is 10.5. The Labute approximate surface area is 78.8 Å². The van der Waals surface area contributed by atoms with Gasteiger partial charge in [0.1, 0.15) is 0 Å². The quantitative estimate of drug-likeness (QED) is 0.610. The van der Waals surface area contributed by atoms with Gasteiger partial charge in [0.2, 0.25) is 0 Å². The molecule has 0 amide bonds. The molecule has 0 saturated carbocycles. The van der Waals surface area contributed by atoms with Crippen molar-refractivity contribution in [1.29, 1.82) is 0 Å². The van der Waals surface area contributed by atoms with E-state index in [0.717, 1.165) is 0 Å². The van der Waals surface area contributed by atoms with Crippen molar-refractivity contribution < 1.29 is 0 Å². The third-order valence-electron chi connectivity index (χ3n) is 1.99. The summed E-state index contributed by atoms with van der Waals surface area (Å²) in [4.78, 5) is 0. The van der Waals surface area contributed by atoms with Crippen molar-refractivity contribution in [3.05, 3.63) is 10.7 Å². The van der Waals surface area contributed by atoms with Gasteiger partial charge >= 0.3 is 78.8 Å². The van der Waals surface area contributed by atoms with E-state index in [0.29, 0.717) is 0 Å². The van der Waals surface area contributed by atoms with Crippen LogP contribution in [-0.2, 0) is 0 Å². The number of hydrogen-bond donors (Lipinski definition) is 0. The minimum atomic E-state index is -1.01. The summed E-state index contributed by atoms with van der Waals surface area (Å²) in [5.41, 5.74) is 0. The van der Waals surface area contributed by atoms with Gasteiger partial charge in [0.15, 0.2) is 0 Å². The van der Waals surface area contributed by atoms with Crippen LogP contribution in [0.2, 0.25) is 8.87 Å². The van der Waals surface area contributed by atoms with Crippen LogP contribution in [0, 0.1) is 0 Å². The molecule has 0 aromatic carbocycles. The van der Waals surface area contributed by atoms with E-state index in [1.165, 1.54) is 25.7 Å². The van der Waals surface area contributed by atoms with E-state index in [-0.39, 0.29) is 0 Å². The molecule has 65 valence electrons. The average molecular weight is 260 g/mol. The predicted octanol–water partition coefficient (Wildman–Crippen LogP) is 3.81. The van der Waals surface area contributed by atoms with Gasteiger partial charge in [-0.3, -0.25) is 0 Å². The van der Waals surface area contributed by atoms with Crippen molar-refractivity contribution in [1.82, 2.24) is 0 Å². The van der Waals surface area contributed by atoms with Crippen LogP contribution >= 0.6 is 0 Å². The second kappa shape index (κ2) is 8.63. The monoisotopic (exact) mass is 261 g/mol. The zero-order chi connectivity index (χ0) is 8.53. The molecule has 0 saturated heterocycles. The zero-order valence-electron chi connectivity index (χ0n) is 8.03. The van der Waals surface area contributed by atoms with E-state index in [9.17, 15) is 0 Å². The topological polar surface area (TPSA) is 0 Å². The molecule has 0 rings (SSSR count). The average Bonchev–Trinajstić information content (AvgIpc) is 2.05. The summed E-state index contributed by atoms with van der Waals surface area (Å²) in [6.45, 7) is 8.52. The molecule has 0 fully saturated rings. The zero-order valence-corrected chi connectivity index (χ0v) is 10.9. The summed E-state index contributed by atoms with van der Waals surface area (Å²) in [6, 6.07) is 0. The third-order valence-corrected chi connectivity index (χ3v) is 9.32. The number of hydrogen-bond acceptors (Lipinski definition) is 0. The summed E-state index contributed by atoms with van der Waals surface area (Å²) in [7, 11) is 0. The molecule has 0 aliphatic rings. The van der Waals surface area contributed by atoms with Gasteiger partial charge in [0, 0.05) is 0 Å². The van der Waals surface area contributed by atoms with Crippen molar-refractivity contribution in [2.45, 2.75) is 48.4 Å². The van der Waals surface area contributed by atoms with Gasteiger partial charge in [-0.25, -0.2) is 0 Å². The summed E-state index contributed by atoms with van der Waals surface area (Å²) in [5, 5.41) is 0. The SMILES string of the molecule is C=[CH][Sn]([CH2]CCC)[CH2]CCC. The van der Waals surface area contributed by atoms with Crippen molar-refractivity contribution in [2.24, 2.45) is 0 Å². The van der Waals surface area contributed by atoms with E-state index >= 15 is 0 Å². The van der Waals surface area contributed by atoms with Crippen LogP contribution in [0.1, 0.15) is 39.5 Å². The second-order valence-corrected chi connectivity index (χ2v) is 10.8. The predicted molar refractivity (Wildman–Crippen MR) is 55.4 cm³/mol. The van der Waals surface area contributed by atoms with Gasteiger partial charge in [-0.2, -0.15) is 0 Å². The Morgan fingerprint density at radius 2 is 1.55 bits per heavy atom. The van der Waals surface area contributed by atoms with Gasteiger partial charge in [0.05, 0.1) is 0 Å². The molecular formula is C10H21Sn. The fourth-order valence-electron chi connectivity index (χ4n) is 1.14. The van der Waals surface area contributed by atoms with Gasteiger partial charge in [0.25, 0.3) is 0 Å². The van der Waals surface area contributed by atoms with Crippen molar-refractivity contribution >= 4 is 19.8 Å². The molecule has 11 heavy (non-hydrogen) atoms. The number of unbranched alkanes of at least 4 members (excludes halogenated alkanes) is 2. The van der Waals surface area contributed by atoms with Crippen LogP contribution in [0.15, 0.2) is 10.7 Å². The van der Waals surface area contributed by atoms with E-state index in [1.54, 1.807) is 8.87 Å². The normalized spacial score (nSPS) is 10.5. The molecule has 0 nitrogen and oxygen atoms in total. The van der Waals surface area contributed by atoms with E-state index in [4.69, 9.17) is 0 Å². The number of rotatable bonds is 7. The van der Waals surface area contributed by atoms with Crippen LogP contribution in [0.25, 0.3) is 0 Å². The Morgan fingerprint density at radius 3 is 1.82 bits per heavy atom. The minimum absolute atomic E-state index is 1.01. The molecule has 0 heterocycles. The first-order valence-electron chi connectivity index (χ1n) is 4.82. The Balaban J connectivity index is 3.33. The fraction of sp³-hybridized carbons (Fsp3) is 0.800. The first kappa shape index (κ1) is 11.5. The molecule has 0 aliphatic heterocycles. The molecular weight excluding hydrogens is 239 g/mol. The molecule has 0 bridgehead atoms. The van der Waals surface area contributed by atoms with E-state index in [1.807, 2.05) is 0 Å². The van der Waals surface area contributed by atoms with Crippen LogP contribution in [0.4, 0.5) is 0 Å². The molecule has 0 aliphatic carbocycles. The summed E-state index contributed by atoms with van der Waals surface area (Å²) in [5.74, 6) is 0. The van der Waals surface area contributed by atoms with Crippen molar-refractivity contribution in [2.75, 3.05) is 0 Å². The first-order chi connectivity index (χ1) is 5.35. The molecule has 0 atom stereocenters. The molecule has 0 aromatic heterocycles. The Bertz CT molecular complexity index is 80.9. The van der Waals surface area contributed by atoms with Crippen molar-refractivity contribution in [3.8, 4) is 0 Å². The van der Waals surface area contributed by atoms with Gasteiger partial charge < -0.3 is 0 Å². The maximum absolute atomic E-state index is 3.95. The molecule has 0 spiro atoms. The van der Waals surface area contributed by atoms with Crippen LogP contribution in [0.5, 0.6) is 0 Å². The van der Waals surface area contributed by atoms with Gasteiger partial charge in [-0.05, 0) is 0 Å². The fourth-order valence-corrected chi connectivity index (χ4v) is 7.63. The van der Waals surface area contributed by atoms with Gasteiger partial charge in [-0.15, -0.1) is 0 Å². The standard InChI is InChI=1S/2C4H9.C2H3.Sn/c2*1-3-4-2;1-2;/h2*1,3-4H2,2H3;1H,2H2;. The maximum atomic E-state index is 3.95. The Kier molecular flexibility index (Phi) is 9.06. The van der Waals surface area contributed by atoms with Crippen LogP contribution < -0.4 is 0 Å². The Hall–Kier alpha value is 0.539. The Morgan fingerprint density at radius 1 is 1.09 bits per heavy atom. The van der Waals surface area contributed by atoms with Crippen LogP contribution in [-0.4, -0.2) is 19.8 Å². The molecule has 1 radical (unpaired) electrons. The molecule has 0 aromatic rings. The van der Waals surface area contributed by atoms with Crippen molar-refractivity contribution in [3.63, 3.8) is 0 Å². The molecule has 0 N–H and O–H groups in total. The second-order valence-electron chi connectivity index (χ2n) is 3.07. The summed E-state index contributed by atoms with van der Waals surface area (Å²) in [6.07, 6.45) is 5.63. The molecule has 0 unspecified atom stereocenters. The summed E-state index contributed by atoms with van der Waals surface area (Å²) < 4.78 is 5.41. The molecule has 1 heteroatoms. The van der Waals surface area contributed by atoms with E-state index < -0.39 is 19.8 Å². The summed E-state index contributed by atoms with van der Waals surface area (Å²) >= 11 is -1.01. The van der Waals surface area contributed by atoms with Gasteiger partial charge in [-0.1, -0.05) is 0 Å².